The first-order valence-corrected chi connectivity index (χ1v) is 5.16. The average molecular weight is 209 g/mol. The first kappa shape index (κ1) is 13.6. The monoisotopic (exact) mass is 209 g/mol. The van der Waals surface area contributed by atoms with Gasteiger partial charge in [0.25, 0.3) is 5.91 Å². The van der Waals surface area contributed by atoms with E-state index in [9.17, 15) is 9.59 Å². The molecule has 0 saturated heterocycles. The summed E-state index contributed by atoms with van der Waals surface area (Å²) in [4.78, 5) is 23.5. The fourth-order valence-corrected chi connectivity index (χ4v) is 1.09. The number of nitrogens with zero attached hydrogens (tertiary/aromatic N) is 1. The first-order valence-electron chi connectivity index (χ1n) is 5.16. The lowest BCUT2D eigenvalue weighted by atomic mass is 10.2. The van der Waals surface area contributed by atoms with Gasteiger partial charge in [0.15, 0.2) is 5.78 Å². The molecule has 0 aromatic carbocycles. The summed E-state index contributed by atoms with van der Waals surface area (Å²) in [5.74, 6) is -0.198. The molecule has 1 unspecified atom stereocenters. The lowest BCUT2D eigenvalue weighted by Crippen LogP contribution is -2.37. The molecule has 0 aliphatic carbocycles. The summed E-state index contributed by atoms with van der Waals surface area (Å²) in [5.41, 5.74) is 0.586. The van der Waals surface area contributed by atoms with E-state index in [-0.39, 0.29) is 11.7 Å². The van der Waals surface area contributed by atoms with Gasteiger partial charge in [-0.25, -0.2) is 0 Å². The van der Waals surface area contributed by atoms with Gasteiger partial charge in [0, 0.05) is 11.8 Å². The molecule has 15 heavy (non-hydrogen) atoms. The number of allylic oxidation sites excluding steroid dienone is 1. The predicted octanol–water partition coefficient (Wildman–Crippen LogP) is 2.29. The van der Waals surface area contributed by atoms with Crippen molar-refractivity contribution >= 4 is 11.7 Å². The van der Waals surface area contributed by atoms with Gasteiger partial charge in [-0.05, 0) is 19.9 Å². The van der Waals surface area contributed by atoms with E-state index >= 15 is 0 Å². The van der Waals surface area contributed by atoms with Crippen LogP contribution in [0.4, 0.5) is 0 Å². The van der Waals surface area contributed by atoms with Crippen molar-refractivity contribution < 1.29 is 9.59 Å². The molecule has 1 aliphatic heterocycles. The lowest BCUT2D eigenvalue weighted by molar-refractivity contribution is -0.131. The van der Waals surface area contributed by atoms with Crippen LogP contribution < -0.4 is 0 Å². The van der Waals surface area contributed by atoms with E-state index in [1.807, 2.05) is 0 Å². The van der Waals surface area contributed by atoms with Crippen LogP contribution in [-0.4, -0.2) is 22.6 Å². The molecular weight excluding hydrogens is 190 g/mol. The summed E-state index contributed by atoms with van der Waals surface area (Å²) in [6.07, 6.45) is 4.28. The molecule has 0 aromatic rings. The van der Waals surface area contributed by atoms with Crippen LogP contribution in [0.15, 0.2) is 24.4 Å². The maximum Gasteiger partial charge on any atom is 0.251 e. The third kappa shape index (κ3) is 3.70. The Morgan fingerprint density at radius 2 is 1.93 bits per heavy atom. The van der Waals surface area contributed by atoms with Gasteiger partial charge < -0.3 is 0 Å². The van der Waals surface area contributed by atoms with Gasteiger partial charge in [-0.1, -0.05) is 26.8 Å². The molecule has 1 amide bonds. The molecule has 0 radical (unpaired) electrons. The van der Waals surface area contributed by atoms with Crippen molar-refractivity contribution in [3.8, 4) is 0 Å². The Hall–Kier alpha value is -1.38. The maximum atomic E-state index is 11.2. The van der Waals surface area contributed by atoms with Gasteiger partial charge in [0.05, 0.1) is 6.04 Å². The van der Waals surface area contributed by atoms with E-state index < -0.39 is 6.04 Å². The second-order valence-electron chi connectivity index (χ2n) is 3.53. The Labute approximate surface area is 91.5 Å². The van der Waals surface area contributed by atoms with Crippen LogP contribution in [0.5, 0.6) is 0 Å². The van der Waals surface area contributed by atoms with Crippen LogP contribution in [0.1, 0.15) is 34.1 Å². The molecule has 1 heterocycles. The second kappa shape index (κ2) is 6.17. The number of hydrogen-bond donors (Lipinski definition) is 0. The largest absolute Gasteiger partial charge is 0.299 e. The lowest BCUT2D eigenvalue weighted by Gasteiger charge is -2.22. The van der Waals surface area contributed by atoms with Crippen molar-refractivity contribution in [3.63, 3.8) is 0 Å². The number of amides is 1. The average Bonchev–Trinajstić information content (AvgIpc) is 2.46. The molecule has 1 aliphatic rings. The number of Topliss-reactive ketones (excluding diaryl/α,β-unsaturated/α-hetero) is 1. The minimum Gasteiger partial charge on any atom is -0.299 e. The fourth-order valence-electron chi connectivity index (χ4n) is 1.09. The Morgan fingerprint density at radius 3 is 2.20 bits per heavy atom. The molecule has 1 atom stereocenters. The second-order valence-corrected chi connectivity index (χ2v) is 3.53. The number of rotatable bonds is 2. The quantitative estimate of drug-likeness (QED) is 0.699. The molecule has 3 heteroatoms. The molecule has 84 valence electrons. The van der Waals surface area contributed by atoms with E-state index in [0.29, 0.717) is 5.70 Å². The SMILES string of the molecule is C=C1C=CC(=O)N1C(C)C(C)=O.CCC. The van der Waals surface area contributed by atoms with Gasteiger partial charge in [-0.3, -0.25) is 14.5 Å². The van der Waals surface area contributed by atoms with Crippen LogP contribution in [0, 0.1) is 0 Å². The smallest absolute Gasteiger partial charge is 0.251 e. The highest BCUT2D eigenvalue weighted by atomic mass is 16.2. The molecule has 0 aromatic heterocycles. The van der Waals surface area contributed by atoms with Crippen LogP contribution >= 0.6 is 0 Å². The Balaban J connectivity index is 0.000000583. The summed E-state index contributed by atoms with van der Waals surface area (Å²) >= 11 is 0. The number of ketones is 1. The van der Waals surface area contributed by atoms with Crippen molar-refractivity contribution in [1.82, 2.24) is 4.90 Å². The molecule has 1 rings (SSSR count). The summed E-state index contributed by atoms with van der Waals surface area (Å²) < 4.78 is 0. The van der Waals surface area contributed by atoms with Crippen molar-refractivity contribution in [3.05, 3.63) is 24.4 Å². The van der Waals surface area contributed by atoms with Gasteiger partial charge in [-0.15, -0.1) is 0 Å². The highest BCUT2D eigenvalue weighted by molar-refractivity contribution is 5.97. The van der Waals surface area contributed by atoms with Crippen LogP contribution in [-0.2, 0) is 9.59 Å². The minimum atomic E-state index is -0.403. The van der Waals surface area contributed by atoms with Crippen molar-refractivity contribution in [2.45, 2.75) is 40.2 Å². The van der Waals surface area contributed by atoms with Crippen LogP contribution in [0.3, 0.4) is 0 Å². The zero-order chi connectivity index (χ0) is 12.0. The van der Waals surface area contributed by atoms with E-state index in [1.165, 1.54) is 24.3 Å². The van der Waals surface area contributed by atoms with Gasteiger partial charge in [-0.2, -0.15) is 0 Å². The topological polar surface area (TPSA) is 37.4 Å². The zero-order valence-corrected chi connectivity index (χ0v) is 9.91. The zero-order valence-electron chi connectivity index (χ0n) is 9.91. The van der Waals surface area contributed by atoms with Gasteiger partial charge in [0.1, 0.15) is 0 Å². The first-order chi connectivity index (χ1) is 6.95. The summed E-state index contributed by atoms with van der Waals surface area (Å²) in [7, 11) is 0. The number of hydrogen-bond acceptors (Lipinski definition) is 2. The Morgan fingerprint density at radius 1 is 1.47 bits per heavy atom. The molecular formula is C12H19NO2. The maximum absolute atomic E-state index is 11.2. The van der Waals surface area contributed by atoms with Gasteiger partial charge >= 0.3 is 0 Å². The Bertz CT molecular complexity index is 274. The molecule has 0 spiro atoms. The van der Waals surface area contributed by atoms with E-state index in [4.69, 9.17) is 0 Å². The predicted molar refractivity (Wildman–Crippen MR) is 61.2 cm³/mol. The van der Waals surface area contributed by atoms with Gasteiger partial charge in [0.2, 0.25) is 0 Å². The normalized spacial score (nSPS) is 16.1. The Kier molecular flexibility index (Phi) is 5.60. The molecule has 0 bridgehead atoms. The molecule has 0 saturated carbocycles. The fraction of sp³-hybridized carbons (Fsp3) is 0.500. The molecule has 0 N–H and O–H groups in total. The number of carbonyl (C=O) groups is 2. The number of carbonyl (C=O) groups excluding carboxylic acids is 2. The standard InChI is InChI=1S/C9H11NO2.C3H8/c1-6-4-5-9(12)10(6)7(2)8(3)11;1-3-2/h4-5,7H,1H2,2-3H3;3H2,1-2H3. The highest BCUT2D eigenvalue weighted by Gasteiger charge is 2.26. The molecule has 0 fully saturated rings. The van der Waals surface area contributed by atoms with E-state index in [2.05, 4.69) is 20.4 Å². The van der Waals surface area contributed by atoms with Crippen molar-refractivity contribution in [2.75, 3.05) is 0 Å². The third-order valence-electron chi connectivity index (χ3n) is 1.94. The molecule has 3 nitrogen and oxygen atoms in total. The summed E-state index contributed by atoms with van der Waals surface area (Å²) in [5, 5.41) is 0. The van der Waals surface area contributed by atoms with Crippen LogP contribution in [0.25, 0.3) is 0 Å². The summed E-state index contributed by atoms with van der Waals surface area (Å²) in [6, 6.07) is -0.403. The highest BCUT2D eigenvalue weighted by Crippen LogP contribution is 2.16. The van der Waals surface area contributed by atoms with Crippen LogP contribution in [0.2, 0.25) is 0 Å². The minimum absolute atomic E-state index is 0.0341. The summed E-state index contributed by atoms with van der Waals surface area (Å²) in [6.45, 7) is 11.1. The van der Waals surface area contributed by atoms with E-state index in [0.717, 1.165) is 0 Å². The van der Waals surface area contributed by atoms with Crippen molar-refractivity contribution in [1.29, 1.82) is 0 Å². The van der Waals surface area contributed by atoms with E-state index in [1.54, 1.807) is 13.0 Å². The van der Waals surface area contributed by atoms with Crippen molar-refractivity contribution in [2.24, 2.45) is 0 Å². The third-order valence-corrected chi connectivity index (χ3v) is 1.94.